The molecule has 0 radical (unpaired) electrons. The van der Waals surface area contributed by atoms with Crippen molar-refractivity contribution in [2.45, 2.75) is 19.8 Å². The molecule has 6 nitrogen and oxygen atoms in total. The molecular weight excluding hydrogens is 313 g/mol. The Labute approximate surface area is 140 Å². The van der Waals surface area contributed by atoms with E-state index in [1.807, 2.05) is 0 Å². The first kappa shape index (κ1) is 18.1. The van der Waals surface area contributed by atoms with Crippen LogP contribution < -0.4 is 10.2 Å². The van der Waals surface area contributed by atoms with Crippen molar-refractivity contribution in [3.63, 3.8) is 0 Å². The third-order valence-electron chi connectivity index (χ3n) is 4.05. The van der Waals surface area contributed by atoms with Gasteiger partial charge in [-0.05, 0) is 31.2 Å². The molecule has 2 rings (SSSR count). The van der Waals surface area contributed by atoms with Crippen LogP contribution in [0.1, 0.15) is 19.8 Å². The largest absolute Gasteiger partial charge is 0.331 e. The summed E-state index contributed by atoms with van der Waals surface area (Å²) in [5.74, 6) is -0.456. The Kier molecular flexibility index (Phi) is 6.43. The highest BCUT2D eigenvalue weighted by atomic mass is 19.1. The molecule has 0 unspecified atom stereocenters. The van der Waals surface area contributed by atoms with Gasteiger partial charge in [0.15, 0.2) is 6.54 Å². The number of hydrogen-bond acceptors (Lipinski definition) is 3. The van der Waals surface area contributed by atoms with Gasteiger partial charge in [0.05, 0.1) is 26.2 Å². The molecule has 1 heterocycles. The third-order valence-corrected chi connectivity index (χ3v) is 4.05. The van der Waals surface area contributed by atoms with Gasteiger partial charge in [0.2, 0.25) is 5.91 Å². The average Bonchev–Trinajstić information content (AvgIpc) is 2.55. The van der Waals surface area contributed by atoms with Gasteiger partial charge in [0.1, 0.15) is 11.6 Å². The minimum Gasteiger partial charge on any atom is -0.331 e. The third kappa shape index (κ3) is 5.73. The highest BCUT2D eigenvalue weighted by Gasteiger charge is 2.25. The van der Waals surface area contributed by atoms with E-state index in [1.165, 1.54) is 31.2 Å². The molecule has 0 spiro atoms. The summed E-state index contributed by atoms with van der Waals surface area (Å²) in [4.78, 5) is 37.8. The lowest BCUT2D eigenvalue weighted by molar-refractivity contribution is -0.895. The number of hydrogen-bond donors (Lipinski definition) is 2. The molecule has 1 aromatic rings. The summed E-state index contributed by atoms with van der Waals surface area (Å²) >= 11 is 0. The Balaban J connectivity index is 1.72. The lowest BCUT2D eigenvalue weighted by Gasteiger charge is -2.31. The first-order valence-corrected chi connectivity index (χ1v) is 8.10. The molecule has 1 aromatic carbocycles. The highest BCUT2D eigenvalue weighted by molar-refractivity contribution is 5.91. The van der Waals surface area contributed by atoms with E-state index in [2.05, 4.69) is 5.32 Å². The molecule has 1 fully saturated rings. The normalized spacial score (nSPS) is 15.2. The number of ketones is 1. The summed E-state index contributed by atoms with van der Waals surface area (Å²) in [6, 6.07) is 5.64. The van der Waals surface area contributed by atoms with Crippen LogP contribution in [0.3, 0.4) is 0 Å². The van der Waals surface area contributed by atoms with Gasteiger partial charge in [-0.3, -0.25) is 9.59 Å². The maximum absolute atomic E-state index is 12.8. The number of nitrogens with zero attached hydrogens (tertiary/aromatic N) is 1. The Morgan fingerprint density at radius 3 is 2.33 bits per heavy atom. The van der Waals surface area contributed by atoms with Crippen LogP contribution in [0.2, 0.25) is 0 Å². The van der Waals surface area contributed by atoms with Crippen molar-refractivity contribution in [3.05, 3.63) is 30.1 Å². The van der Waals surface area contributed by atoms with E-state index in [9.17, 15) is 18.8 Å². The maximum atomic E-state index is 12.8. The molecule has 1 aliphatic heterocycles. The zero-order valence-corrected chi connectivity index (χ0v) is 13.8. The summed E-state index contributed by atoms with van der Waals surface area (Å²) in [5.41, 5.74) is 0.568. The van der Waals surface area contributed by atoms with Crippen LogP contribution in [0.4, 0.5) is 10.1 Å². The van der Waals surface area contributed by atoms with Crippen LogP contribution in [0, 0.1) is 5.82 Å². The van der Waals surface area contributed by atoms with Crippen LogP contribution in [-0.4, -0.2) is 55.2 Å². The maximum Gasteiger partial charge on any atom is 0.279 e. The molecule has 0 aromatic heterocycles. The van der Waals surface area contributed by atoms with Crippen LogP contribution in [-0.2, 0) is 14.4 Å². The fraction of sp³-hybridized carbons (Fsp3) is 0.471. The fourth-order valence-corrected chi connectivity index (χ4v) is 2.66. The van der Waals surface area contributed by atoms with Crippen LogP contribution in [0.15, 0.2) is 24.3 Å². The molecule has 2 amide bonds. The number of quaternary nitrogens is 1. The van der Waals surface area contributed by atoms with Gasteiger partial charge in [-0.15, -0.1) is 0 Å². The summed E-state index contributed by atoms with van der Waals surface area (Å²) < 4.78 is 12.8. The number of nitrogens with one attached hydrogen (secondary N) is 2. The predicted molar refractivity (Wildman–Crippen MR) is 87.1 cm³/mol. The molecule has 0 atom stereocenters. The van der Waals surface area contributed by atoms with Crippen molar-refractivity contribution in [1.29, 1.82) is 0 Å². The molecule has 130 valence electrons. The van der Waals surface area contributed by atoms with Crippen molar-refractivity contribution in [3.8, 4) is 0 Å². The minimum absolute atomic E-state index is 0.0000127. The van der Waals surface area contributed by atoms with Gasteiger partial charge < -0.3 is 19.9 Å². The number of amides is 2. The smallest absolute Gasteiger partial charge is 0.279 e. The van der Waals surface area contributed by atoms with Crippen molar-refractivity contribution in [1.82, 2.24) is 4.90 Å². The fourth-order valence-electron chi connectivity index (χ4n) is 2.66. The van der Waals surface area contributed by atoms with E-state index >= 15 is 0 Å². The second kappa shape index (κ2) is 8.54. The lowest BCUT2D eigenvalue weighted by atomic mass is 10.2. The van der Waals surface area contributed by atoms with Gasteiger partial charge in [-0.2, -0.15) is 0 Å². The van der Waals surface area contributed by atoms with Gasteiger partial charge in [0.25, 0.3) is 5.91 Å². The second-order valence-corrected chi connectivity index (χ2v) is 6.06. The number of piperazine rings is 1. The van der Waals surface area contributed by atoms with Gasteiger partial charge in [0, 0.05) is 18.5 Å². The molecular formula is C17H23FN3O3+. The van der Waals surface area contributed by atoms with E-state index in [0.29, 0.717) is 38.4 Å². The van der Waals surface area contributed by atoms with Crippen molar-refractivity contribution >= 4 is 23.3 Å². The highest BCUT2D eigenvalue weighted by Crippen LogP contribution is 2.07. The molecule has 0 bridgehead atoms. The number of halogens is 1. The lowest BCUT2D eigenvalue weighted by Crippen LogP contribution is -3.15. The van der Waals surface area contributed by atoms with Crippen molar-refractivity contribution in [2.24, 2.45) is 0 Å². The standard InChI is InChI=1S/C17H22FN3O3/c1-13(22)2-7-17(24)21-10-8-20(9-11-21)12-16(23)19-15-5-3-14(18)4-6-15/h3-6H,2,7-12H2,1H3,(H,19,23)/p+1. The minimum atomic E-state index is -0.343. The molecule has 7 heteroatoms. The molecule has 1 saturated heterocycles. The van der Waals surface area contributed by atoms with E-state index in [4.69, 9.17) is 0 Å². The first-order chi connectivity index (χ1) is 11.4. The van der Waals surface area contributed by atoms with E-state index in [-0.39, 0.29) is 36.3 Å². The molecule has 0 saturated carbocycles. The summed E-state index contributed by atoms with van der Waals surface area (Å²) in [6.07, 6.45) is 0.543. The molecule has 2 N–H and O–H groups in total. The van der Waals surface area contributed by atoms with Crippen molar-refractivity contribution < 1.29 is 23.7 Å². The number of carbonyl (C=O) groups is 3. The summed E-state index contributed by atoms with van der Waals surface area (Å²) in [6.45, 7) is 4.37. The molecule has 0 aliphatic carbocycles. The number of rotatable bonds is 6. The van der Waals surface area contributed by atoms with Crippen LogP contribution in [0.5, 0.6) is 0 Å². The van der Waals surface area contributed by atoms with E-state index < -0.39 is 0 Å². The number of carbonyl (C=O) groups excluding carboxylic acids is 3. The number of Topliss-reactive ketones (excluding diaryl/α,β-unsaturated/α-hetero) is 1. The van der Waals surface area contributed by atoms with Gasteiger partial charge in [-0.1, -0.05) is 0 Å². The zero-order valence-electron chi connectivity index (χ0n) is 13.8. The second-order valence-electron chi connectivity index (χ2n) is 6.06. The van der Waals surface area contributed by atoms with Gasteiger partial charge >= 0.3 is 0 Å². The number of anilines is 1. The Bertz CT molecular complexity index is 596. The monoisotopic (exact) mass is 336 g/mol. The van der Waals surface area contributed by atoms with Crippen LogP contribution in [0.25, 0.3) is 0 Å². The van der Waals surface area contributed by atoms with Crippen molar-refractivity contribution in [2.75, 3.05) is 38.0 Å². The van der Waals surface area contributed by atoms with Crippen LogP contribution >= 0.6 is 0 Å². The first-order valence-electron chi connectivity index (χ1n) is 8.10. The van der Waals surface area contributed by atoms with E-state index in [1.54, 1.807) is 4.90 Å². The quantitative estimate of drug-likeness (QED) is 0.760. The Morgan fingerprint density at radius 1 is 1.12 bits per heavy atom. The van der Waals surface area contributed by atoms with E-state index in [0.717, 1.165) is 4.90 Å². The SMILES string of the molecule is CC(=O)CCC(=O)N1CC[NH+](CC(=O)Nc2ccc(F)cc2)CC1. The summed E-state index contributed by atoms with van der Waals surface area (Å²) in [5, 5.41) is 2.74. The summed E-state index contributed by atoms with van der Waals surface area (Å²) in [7, 11) is 0. The molecule has 24 heavy (non-hydrogen) atoms. The predicted octanol–water partition coefficient (Wildman–Crippen LogP) is -0.139. The Hall–Kier alpha value is -2.28. The van der Waals surface area contributed by atoms with Gasteiger partial charge in [-0.25, -0.2) is 4.39 Å². The zero-order chi connectivity index (χ0) is 17.5. The Morgan fingerprint density at radius 2 is 1.75 bits per heavy atom. The average molecular weight is 336 g/mol. The topological polar surface area (TPSA) is 70.9 Å². The molecule has 1 aliphatic rings. The number of benzene rings is 1.